The number of aryl methyl sites for hydroxylation is 1. The van der Waals surface area contributed by atoms with Crippen LogP contribution in [0.1, 0.15) is 65.9 Å². The van der Waals surface area contributed by atoms with Crippen molar-refractivity contribution < 1.29 is 18.7 Å². The fourth-order valence-corrected chi connectivity index (χ4v) is 5.14. The highest BCUT2D eigenvalue weighted by molar-refractivity contribution is 7.13. The van der Waals surface area contributed by atoms with E-state index < -0.39 is 11.9 Å². The molecule has 5 rings (SSSR count). The molecule has 9 heteroatoms. The van der Waals surface area contributed by atoms with Crippen molar-refractivity contribution >= 4 is 33.3 Å². The van der Waals surface area contributed by atoms with Gasteiger partial charge in [-0.3, -0.25) is 14.5 Å². The van der Waals surface area contributed by atoms with E-state index in [2.05, 4.69) is 17.1 Å². The number of amides is 1. The summed E-state index contributed by atoms with van der Waals surface area (Å²) in [5.74, 6) is 0.737. The lowest BCUT2D eigenvalue weighted by Crippen LogP contribution is -2.29. The number of carbonyl (C=O) groups excluding carboxylic acids is 1. The van der Waals surface area contributed by atoms with Gasteiger partial charge in [0.1, 0.15) is 11.1 Å². The second-order valence-electron chi connectivity index (χ2n) is 8.79. The highest BCUT2D eigenvalue weighted by Gasteiger charge is 2.45. The maximum absolute atomic E-state index is 13.7. The first-order valence-electron chi connectivity index (χ1n) is 12.0. The summed E-state index contributed by atoms with van der Waals surface area (Å²) in [4.78, 5) is 28.8. The third-order valence-electron chi connectivity index (χ3n) is 6.34. The predicted molar refractivity (Wildman–Crippen MR) is 138 cm³/mol. The van der Waals surface area contributed by atoms with E-state index >= 15 is 0 Å². The van der Waals surface area contributed by atoms with Gasteiger partial charge in [-0.25, -0.2) is 0 Å². The molecule has 3 heterocycles. The Morgan fingerprint density at radius 2 is 1.94 bits per heavy atom. The third kappa shape index (κ3) is 4.24. The highest BCUT2D eigenvalue weighted by Crippen LogP contribution is 2.43. The van der Waals surface area contributed by atoms with Crippen molar-refractivity contribution in [3.63, 3.8) is 0 Å². The summed E-state index contributed by atoms with van der Waals surface area (Å²) in [6.45, 7) is 4.67. The molecule has 1 aliphatic heterocycles. The van der Waals surface area contributed by atoms with Crippen LogP contribution in [0.4, 0.5) is 5.13 Å². The summed E-state index contributed by atoms with van der Waals surface area (Å²) < 4.78 is 17.6. The van der Waals surface area contributed by atoms with E-state index in [0.717, 1.165) is 24.8 Å². The van der Waals surface area contributed by atoms with Gasteiger partial charge in [0.15, 0.2) is 16.9 Å². The van der Waals surface area contributed by atoms with Crippen LogP contribution in [0.15, 0.2) is 51.1 Å². The van der Waals surface area contributed by atoms with Crippen LogP contribution < -0.4 is 19.8 Å². The average molecular weight is 506 g/mol. The van der Waals surface area contributed by atoms with Gasteiger partial charge in [0.25, 0.3) is 5.91 Å². The first-order chi connectivity index (χ1) is 17.5. The summed E-state index contributed by atoms with van der Waals surface area (Å²) in [5.41, 5.74) is 3.58. The van der Waals surface area contributed by atoms with Gasteiger partial charge in [-0.2, -0.15) is 0 Å². The number of rotatable bonds is 9. The molecule has 1 unspecified atom stereocenters. The van der Waals surface area contributed by atoms with Gasteiger partial charge in [0.05, 0.1) is 30.7 Å². The summed E-state index contributed by atoms with van der Waals surface area (Å²) in [7, 11) is 1.57. The molecule has 2 aromatic carbocycles. The van der Waals surface area contributed by atoms with Crippen LogP contribution in [-0.4, -0.2) is 29.8 Å². The second-order valence-corrected chi connectivity index (χ2v) is 9.60. The van der Waals surface area contributed by atoms with Crippen LogP contribution in [0.5, 0.6) is 11.5 Å². The van der Waals surface area contributed by atoms with Gasteiger partial charge < -0.3 is 13.9 Å². The largest absolute Gasteiger partial charge is 0.493 e. The lowest BCUT2D eigenvalue weighted by atomic mass is 9.98. The SMILES string of the molecule is CCCCCCOc1ccc(C2c3c(oc4ccc(C)cc4c3=O)C(=O)N2c2nncs2)cc1OC. The minimum absolute atomic E-state index is 0.0202. The number of hydrogen-bond donors (Lipinski definition) is 0. The van der Waals surface area contributed by atoms with E-state index in [1.807, 2.05) is 31.2 Å². The van der Waals surface area contributed by atoms with Crippen molar-refractivity contribution in [1.82, 2.24) is 10.2 Å². The Bertz CT molecular complexity index is 1460. The van der Waals surface area contributed by atoms with Crippen molar-refractivity contribution in [2.75, 3.05) is 18.6 Å². The van der Waals surface area contributed by atoms with Crippen LogP contribution >= 0.6 is 11.3 Å². The topological polar surface area (TPSA) is 94.8 Å². The number of benzene rings is 2. The Kier molecular flexibility index (Phi) is 6.73. The smallest absolute Gasteiger partial charge is 0.297 e. The lowest BCUT2D eigenvalue weighted by Gasteiger charge is -2.23. The van der Waals surface area contributed by atoms with Gasteiger partial charge >= 0.3 is 0 Å². The molecule has 0 saturated carbocycles. The number of nitrogens with zero attached hydrogens (tertiary/aromatic N) is 3. The molecule has 0 N–H and O–H groups in total. The van der Waals surface area contributed by atoms with Gasteiger partial charge in [-0.1, -0.05) is 55.2 Å². The summed E-state index contributed by atoms with van der Waals surface area (Å²) in [5, 5.41) is 8.84. The fraction of sp³-hybridized carbons (Fsp3) is 0.333. The molecule has 0 radical (unpaired) electrons. The molecule has 1 aliphatic rings. The van der Waals surface area contributed by atoms with E-state index in [1.165, 1.54) is 22.7 Å². The molecule has 0 spiro atoms. The van der Waals surface area contributed by atoms with Crippen LogP contribution in [0, 0.1) is 6.92 Å². The number of hydrogen-bond acceptors (Lipinski definition) is 8. The molecule has 2 aromatic heterocycles. The number of methoxy groups -OCH3 is 1. The van der Waals surface area contributed by atoms with E-state index in [9.17, 15) is 9.59 Å². The zero-order valence-corrected chi connectivity index (χ0v) is 21.3. The van der Waals surface area contributed by atoms with Crippen molar-refractivity contribution in [3.8, 4) is 11.5 Å². The lowest BCUT2D eigenvalue weighted by molar-refractivity contribution is 0.0970. The third-order valence-corrected chi connectivity index (χ3v) is 7.03. The summed E-state index contributed by atoms with van der Waals surface area (Å²) in [6, 6.07) is 10.1. The van der Waals surface area contributed by atoms with E-state index in [-0.39, 0.29) is 16.8 Å². The maximum Gasteiger partial charge on any atom is 0.297 e. The van der Waals surface area contributed by atoms with Crippen molar-refractivity contribution in [2.45, 2.75) is 45.6 Å². The van der Waals surface area contributed by atoms with Crippen LogP contribution in [0.25, 0.3) is 11.0 Å². The minimum Gasteiger partial charge on any atom is -0.493 e. The second kappa shape index (κ2) is 10.1. The van der Waals surface area contributed by atoms with E-state index in [0.29, 0.717) is 39.8 Å². The summed E-state index contributed by atoms with van der Waals surface area (Å²) in [6.07, 6.45) is 4.40. The number of aromatic nitrogens is 2. The first-order valence-corrected chi connectivity index (χ1v) is 12.9. The Labute approximate surface area is 212 Å². The predicted octanol–water partition coefficient (Wildman–Crippen LogP) is 5.67. The Morgan fingerprint density at radius 1 is 1.08 bits per heavy atom. The molecular formula is C27H27N3O5S. The van der Waals surface area contributed by atoms with E-state index in [4.69, 9.17) is 13.9 Å². The van der Waals surface area contributed by atoms with Gasteiger partial charge in [0, 0.05) is 0 Å². The van der Waals surface area contributed by atoms with Crippen molar-refractivity contribution in [3.05, 3.63) is 74.6 Å². The monoisotopic (exact) mass is 505 g/mol. The molecule has 8 nitrogen and oxygen atoms in total. The number of ether oxygens (including phenoxy) is 2. The molecular weight excluding hydrogens is 478 g/mol. The van der Waals surface area contributed by atoms with Gasteiger partial charge in [-0.05, 0) is 43.2 Å². The molecule has 0 bridgehead atoms. The maximum atomic E-state index is 13.7. The van der Waals surface area contributed by atoms with Crippen LogP contribution in [-0.2, 0) is 0 Å². The van der Waals surface area contributed by atoms with Crippen molar-refractivity contribution in [2.24, 2.45) is 0 Å². The summed E-state index contributed by atoms with van der Waals surface area (Å²) >= 11 is 1.22. The molecule has 0 saturated heterocycles. The number of carbonyl (C=O) groups is 1. The number of anilines is 1. The van der Waals surface area contributed by atoms with E-state index in [1.54, 1.807) is 24.8 Å². The zero-order chi connectivity index (χ0) is 25.2. The first kappa shape index (κ1) is 24.0. The number of unbranched alkanes of at least 4 members (excludes halogenated alkanes) is 3. The zero-order valence-electron chi connectivity index (χ0n) is 20.4. The van der Waals surface area contributed by atoms with Crippen LogP contribution in [0.2, 0.25) is 0 Å². The average Bonchev–Trinajstić information content (AvgIpc) is 3.51. The van der Waals surface area contributed by atoms with Gasteiger partial charge in [-0.15, -0.1) is 10.2 Å². The quantitative estimate of drug-likeness (QED) is 0.271. The Morgan fingerprint density at radius 3 is 2.69 bits per heavy atom. The molecule has 0 fully saturated rings. The normalized spacial score (nSPS) is 14.9. The fourth-order valence-electron chi connectivity index (χ4n) is 4.56. The van der Waals surface area contributed by atoms with Crippen LogP contribution in [0.3, 0.4) is 0 Å². The Balaban J connectivity index is 1.60. The molecule has 1 atom stereocenters. The molecule has 186 valence electrons. The standard InChI is InChI=1S/C27H27N3O5S/c1-4-5-6-7-12-34-20-11-9-17(14-21(20)33-3)23-22-24(31)18-13-16(2)8-10-19(18)35-25(22)26(32)30(23)27-29-28-15-36-27/h8-11,13-15,23H,4-7,12H2,1-3H3. The molecule has 0 aliphatic carbocycles. The van der Waals surface area contributed by atoms with Crippen molar-refractivity contribution in [1.29, 1.82) is 0 Å². The molecule has 1 amide bonds. The minimum atomic E-state index is -0.742. The Hall–Kier alpha value is -3.72. The molecule has 4 aromatic rings. The molecule has 36 heavy (non-hydrogen) atoms. The number of fused-ring (bicyclic) bond motifs is 2. The highest BCUT2D eigenvalue weighted by atomic mass is 32.1. The van der Waals surface area contributed by atoms with Gasteiger partial charge in [0.2, 0.25) is 10.9 Å².